The molecule has 2 heteroatoms. The van der Waals surface area contributed by atoms with E-state index >= 15 is 0 Å². The van der Waals surface area contributed by atoms with Crippen molar-refractivity contribution in [3.05, 3.63) is 0 Å². The molecule has 80 valence electrons. The van der Waals surface area contributed by atoms with Crippen molar-refractivity contribution in [1.82, 2.24) is 4.90 Å². The molecule has 1 unspecified atom stereocenters. The van der Waals surface area contributed by atoms with Gasteiger partial charge < -0.3 is 10.6 Å². The standard InChI is InChI=1S/C11H26N2/c1-9(2)10(12)7-13(6)8-11(3,4)5/h9-10H,7-8,12H2,1-6H3. The maximum Gasteiger partial charge on any atom is 0.0191 e. The molecule has 0 saturated heterocycles. The molecule has 0 radical (unpaired) electrons. The first-order valence-corrected chi connectivity index (χ1v) is 5.16. The summed E-state index contributed by atoms with van der Waals surface area (Å²) in [5, 5.41) is 0. The molecule has 13 heavy (non-hydrogen) atoms. The molecule has 0 aliphatic heterocycles. The quantitative estimate of drug-likeness (QED) is 0.727. The van der Waals surface area contributed by atoms with Crippen molar-refractivity contribution in [2.24, 2.45) is 17.1 Å². The number of nitrogens with two attached hydrogens (primary N) is 1. The second kappa shape index (κ2) is 4.97. The molecular formula is C11H26N2. The molecular weight excluding hydrogens is 160 g/mol. The second-order valence-electron chi connectivity index (χ2n) is 5.67. The third-order valence-corrected chi connectivity index (χ3v) is 2.12. The highest BCUT2D eigenvalue weighted by Crippen LogP contribution is 2.14. The normalized spacial score (nSPS) is 15.5. The number of rotatable bonds is 4. The molecule has 0 aromatic heterocycles. The molecule has 0 fully saturated rings. The van der Waals surface area contributed by atoms with E-state index in [1.165, 1.54) is 0 Å². The van der Waals surface area contributed by atoms with Gasteiger partial charge in [-0.1, -0.05) is 34.6 Å². The summed E-state index contributed by atoms with van der Waals surface area (Å²) in [5.41, 5.74) is 6.36. The van der Waals surface area contributed by atoms with E-state index in [-0.39, 0.29) is 0 Å². The van der Waals surface area contributed by atoms with Crippen molar-refractivity contribution in [2.45, 2.75) is 40.7 Å². The Hall–Kier alpha value is -0.0800. The first kappa shape index (κ1) is 12.9. The smallest absolute Gasteiger partial charge is 0.0191 e. The Labute approximate surface area is 83.5 Å². The van der Waals surface area contributed by atoms with Gasteiger partial charge in [-0.25, -0.2) is 0 Å². The molecule has 1 atom stereocenters. The Kier molecular flexibility index (Phi) is 4.93. The van der Waals surface area contributed by atoms with Gasteiger partial charge in [-0.15, -0.1) is 0 Å². The van der Waals surface area contributed by atoms with Crippen molar-refractivity contribution in [3.63, 3.8) is 0 Å². The fourth-order valence-electron chi connectivity index (χ4n) is 1.45. The third kappa shape index (κ3) is 7.03. The van der Waals surface area contributed by atoms with Crippen LogP contribution in [0.3, 0.4) is 0 Å². The predicted molar refractivity (Wildman–Crippen MR) is 59.8 cm³/mol. The highest BCUT2D eigenvalue weighted by atomic mass is 15.1. The predicted octanol–water partition coefficient (Wildman–Crippen LogP) is 1.95. The van der Waals surface area contributed by atoms with Gasteiger partial charge >= 0.3 is 0 Å². The van der Waals surface area contributed by atoms with E-state index in [0.717, 1.165) is 13.1 Å². The largest absolute Gasteiger partial charge is 0.326 e. The van der Waals surface area contributed by atoms with Gasteiger partial charge in [-0.05, 0) is 18.4 Å². The molecule has 2 N–H and O–H groups in total. The van der Waals surface area contributed by atoms with Crippen molar-refractivity contribution in [2.75, 3.05) is 20.1 Å². The van der Waals surface area contributed by atoms with E-state index in [1.54, 1.807) is 0 Å². The van der Waals surface area contributed by atoms with Crippen molar-refractivity contribution in [3.8, 4) is 0 Å². The summed E-state index contributed by atoms with van der Waals surface area (Å²) in [6.07, 6.45) is 0. The summed E-state index contributed by atoms with van der Waals surface area (Å²) >= 11 is 0. The zero-order valence-corrected chi connectivity index (χ0v) is 10.1. The number of hydrogen-bond donors (Lipinski definition) is 1. The molecule has 0 aliphatic rings. The van der Waals surface area contributed by atoms with E-state index < -0.39 is 0 Å². The highest BCUT2D eigenvalue weighted by molar-refractivity contribution is 4.73. The summed E-state index contributed by atoms with van der Waals surface area (Å²) in [5.74, 6) is 0.572. The lowest BCUT2D eigenvalue weighted by molar-refractivity contribution is 0.205. The van der Waals surface area contributed by atoms with Gasteiger partial charge in [0.25, 0.3) is 0 Å². The van der Waals surface area contributed by atoms with Crippen LogP contribution in [0.1, 0.15) is 34.6 Å². The average molecular weight is 186 g/mol. The monoisotopic (exact) mass is 186 g/mol. The van der Waals surface area contributed by atoms with E-state index in [0.29, 0.717) is 17.4 Å². The Bertz CT molecular complexity index is 136. The lowest BCUT2D eigenvalue weighted by Gasteiger charge is -2.29. The van der Waals surface area contributed by atoms with Gasteiger partial charge in [0, 0.05) is 19.1 Å². The minimum atomic E-state index is 0.298. The zero-order valence-electron chi connectivity index (χ0n) is 10.1. The van der Waals surface area contributed by atoms with Crippen LogP contribution in [0.2, 0.25) is 0 Å². The van der Waals surface area contributed by atoms with Crippen LogP contribution in [0, 0.1) is 11.3 Å². The third-order valence-electron chi connectivity index (χ3n) is 2.12. The Balaban J connectivity index is 3.81. The SMILES string of the molecule is CC(C)C(N)CN(C)CC(C)(C)C. The zero-order chi connectivity index (χ0) is 10.6. The van der Waals surface area contributed by atoms with Gasteiger partial charge in [0.1, 0.15) is 0 Å². The van der Waals surface area contributed by atoms with Crippen LogP contribution in [0.25, 0.3) is 0 Å². The topological polar surface area (TPSA) is 29.3 Å². The molecule has 0 saturated carbocycles. The summed E-state index contributed by atoms with van der Waals surface area (Å²) in [6.45, 7) is 13.2. The molecule has 0 amide bonds. The Morgan fingerprint density at radius 1 is 1.23 bits per heavy atom. The van der Waals surface area contributed by atoms with Crippen LogP contribution in [-0.4, -0.2) is 31.1 Å². The molecule has 0 spiro atoms. The number of likely N-dealkylation sites (N-methyl/N-ethyl adjacent to an activating group) is 1. The van der Waals surface area contributed by atoms with Crippen molar-refractivity contribution >= 4 is 0 Å². The highest BCUT2D eigenvalue weighted by Gasteiger charge is 2.16. The van der Waals surface area contributed by atoms with Gasteiger partial charge in [0.2, 0.25) is 0 Å². The maximum absolute atomic E-state index is 5.99. The summed E-state index contributed by atoms with van der Waals surface area (Å²) in [4.78, 5) is 2.32. The lowest BCUT2D eigenvalue weighted by atomic mass is 9.95. The molecule has 0 rings (SSSR count). The molecule has 0 bridgehead atoms. The van der Waals surface area contributed by atoms with Gasteiger partial charge in [-0.2, -0.15) is 0 Å². The van der Waals surface area contributed by atoms with Crippen LogP contribution in [-0.2, 0) is 0 Å². The Morgan fingerprint density at radius 2 is 1.69 bits per heavy atom. The summed E-state index contributed by atoms with van der Waals surface area (Å²) < 4.78 is 0. The van der Waals surface area contributed by atoms with Crippen LogP contribution >= 0.6 is 0 Å². The van der Waals surface area contributed by atoms with Crippen LogP contribution in [0.4, 0.5) is 0 Å². The van der Waals surface area contributed by atoms with Crippen molar-refractivity contribution < 1.29 is 0 Å². The fraction of sp³-hybridized carbons (Fsp3) is 1.00. The van der Waals surface area contributed by atoms with Crippen LogP contribution < -0.4 is 5.73 Å². The molecule has 0 aromatic carbocycles. The molecule has 2 nitrogen and oxygen atoms in total. The molecule has 0 heterocycles. The maximum atomic E-state index is 5.99. The lowest BCUT2D eigenvalue weighted by Crippen LogP contribution is -2.41. The second-order valence-corrected chi connectivity index (χ2v) is 5.67. The van der Waals surface area contributed by atoms with Crippen molar-refractivity contribution in [1.29, 1.82) is 0 Å². The van der Waals surface area contributed by atoms with Gasteiger partial charge in [0.05, 0.1) is 0 Å². The number of hydrogen-bond acceptors (Lipinski definition) is 2. The van der Waals surface area contributed by atoms with Crippen LogP contribution in [0.15, 0.2) is 0 Å². The first-order chi connectivity index (χ1) is 5.72. The van der Waals surface area contributed by atoms with E-state index in [1.807, 2.05) is 0 Å². The number of nitrogens with zero attached hydrogens (tertiary/aromatic N) is 1. The van der Waals surface area contributed by atoms with Gasteiger partial charge in [0.15, 0.2) is 0 Å². The summed E-state index contributed by atoms with van der Waals surface area (Å²) in [6, 6.07) is 0.298. The van der Waals surface area contributed by atoms with Gasteiger partial charge in [-0.3, -0.25) is 0 Å². The van der Waals surface area contributed by atoms with E-state index in [4.69, 9.17) is 5.73 Å². The van der Waals surface area contributed by atoms with Crippen LogP contribution in [0.5, 0.6) is 0 Å². The minimum absolute atomic E-state index is 0.298. The minimum Gasteiger partial charge on any atom is -0.326 e. The van der Waals surface area contributed by atoms with E-state index in [2.05, 4.69) is 46.6 Å². The van der Waals surface area contributed by atoms with E-state index in [9.17, 15) is 0 Å². The molecule has 0 aromatic rings. The summed E-state index contributed by atoms with van der Waals surface area (Å²) in [7, 11) is 2.15. The first-order valence-electron chi connectivity index (χ1n) is 5.16. The molecule has 0 aliphatic carbocycles. The Morgan fingerprint density at radius 3 is 2.00 bits per heavy atom. The average Bonchev–Trinajstić information content (AvgIpc) is 1.81. The fourth-order valence-corrected chi connectivity index (χ4v) is 1.45.